The van der Waals surface area contributed by atoms with Crippen molar-refractivity contribution < 1.29 is 4.74 Å². The Morgan fingerprint density at radius 2 is 2.21 bits per heavy atom. The van der Waals surface area contributed by atoms with Gasteiger partial charge >= 0.3 is 0 Å². The van der Waals surface area contributed by atoms with E-state index in [0.29, 0.717) is 18.2 Å². The maximum absolute atomic E-state index is 6.17. The number of halogens is 1. The summed E-state index contributed by atoms with van der Waals surface area (Å²) in [7, 11) is 1.97. The van der Waals surface area contributed by atoms with Gasteiger partial charge in [-0.1, -0.05) is 23.7 Å². The van der Waals surface area contributed by atoms with Crippen molar-refractivity contribution in [2.75, 3.05) is 13.2 Å². The molecule has 0 aliphatic rings. The lowest BCUT2D eigenvalue weighted by Crippen LogP contribution is -2.09. The van der Waals surface area contributed by atoms with E-state index in [9.17, 15) is 0 Å². The second kappa shape index (κ2) is 6.59. The molecule has 1 heterocycles. The lowest BCUT2D eigenvalue weighted by molar-refractivity contribution is 0.314. The number of ether oxygens (including phenoxy) is 1. The Bertz CT molecular complexity index is 539. The molecule has 0 saturated carbocycles. The normalized spacial score (nSPS) is 10.7. The average molecular weight is 280 g/mol. The zero-order valence-electron chi connectivity index (χ0n) is 11.0. The highest BCUT2D eigenvalue weighted by atomic mass is 35.5. The number of para-hydroxylation sites is 1. The summed E-state index contributed by atoms with van der Waals surface area (Å²) in [6.45, 7) is 1.13. The fourth-order valence-electron chi connectivity index (χ4n) is 1.95. The first-order valence-electron chi connectivity index (χ1n) is 6.29. The molecule has 19 heavy (non-hydrogen) atoms. The maximum Gasteiger partial charge on any atom is 0.141 e. The van der Waals surface area contributed by atoms with Gasteiger partial charge < -0.3 is 15.0 Å². The second-order valence-electron chi connectivity index (χ2n) is 4.32. The van der Waals surface area contributed by atoms with Crippen LogP contribution in [0.1, 0.15) is 11.4 Å². The summed E-state index contributed by atoms with van der Waals surface area (Å²) >= 11 is 6.17. The number of nitrogens with two attached hydrogens (primary N) is 1. The summed E-state index contributed by atoms with van der Waals surface area (Å²) in [6, 6.07) is 5.74. The number of aromatic nitrogens is 2. The lowest BCUT2D eigenvalue weighted by Gasteiger charge is -2.12. The van der Waals surface area contributed by atoms with E-state index in [1.807, 2.05) is 36.0 Å². The number of rotatable bonds is 6. The van der Waals surface area contributed by atoms with Crippen molar-refractivity contribution in [1.29, 1.82) is 0 Å². The highest BCUT2D eigenvalue weighted by Crippen LogP contribution is 2.28. The Labute approximate surface area is 118 Å². The van der Waals surface area contributed by atoms with Crippen molar-refractivity contribution in [3.63, 3.8) is 0 Å². The Hall–Kier alpha value is -1.52. The van der Waals surface area contributed by atoms with E-state index in [1.54, 1.807) is 6.20 Å². The minimum absolute atomic E-state index is 0.548. The fraction of sp³-hybridized carbons (Fsp3) is 0.357. The quantitative estimate of drug-likeness (QED) is 0.882. The molecule has 5 heteroatoms. The Morgan fingerprint density at radius 3 is 2.89 bits per heavy atom. The number of hydrogen-bond donors (Lipinski definition) is 1. The molecular formula is C14H18ClN3O. The van der Waals surface area contributed by atoms with E-state index in [1.165, 1.54) is 0 Å². The third-order valence-electron chi connectivity index (χ3n) is 2.96. The monoisotopic (exact) mass is 279 g/mol. The van der Waals surface area contributed by atoms with Crippen LogP contribution >= 0.6 is 11.6 Å². The van der Waals surface area contributed by atoms with Crippen LogP contribution < -0.4 is 10.5 Å². The zero-order valence-corrected chi connectivity index (χ0v) is 11.7. The van der Waals surface area contributed by atoms with Gasteiger partial charge in [0.25, 0.3) is 0 Å². The summed E-state index contributed by atoms with van der Waals surface area (Å²) in [5, 5.41) is 0.630. The Kier molecular flexibility index (Phi) is 4.82. The standard InChI is InChI=1S/C14H18ClN3O/c1-18-9-8-17-13(18)6-10-19-14-11(5-7-16)3-2-4-12(14)15/h2-4,8-9H,5-7,10,16H2,1H3. The second-order valence-corrected chi connectivity index (χ2v) is 4.73. The summed E-state index contributed by atoms with van der Waals surface area (Å²) < 4.78 is 7.79. The molecule has 0 amide bonds. The van der Waals surface area contributed by atoms with Gasteiger partial charge in [-0.25, -0.2) is 4.98 Å². The van der Waals surface area contributed by atoms with Gasteiger partial charge in [-0.05, 0) is 24.6 Å². The fourth-order valence-corrected chi connectivity index (χ4v) is 2.20. The number of nitrogens with zero attached hydrogens (tertiary/aromatic N) is 2. The van der Waals surface area contributed by atoms with Crippen LogP contribution in [0.25, 0.3) is 0 Å². The molecule has 2 rings (SSSR count). The van der Waals surface area contributed by atoms with Crippen LogP contribution in [-0.2, 0) is 19.9 Å². The van der Waals surface area contributed by atoms with Gasteiger partial charge in [-0.15, -0.1) is 0 Å². The van der Waals surface area contributed by atoms with Crippen molar-refractivity contribution >= 4 is 11.6 Å². The van der Waals surface area contributed by atoms with Crippen molar-refractivity contribution in [1.82, 2.24) is 9.55 Å². The highest BCUT2D eigenvalue weighted by Gasteiger charge is 2.08. The number of aryl methyl sites for hydroxylation is 1. The molecular weight excluding hydrogens is 262 g/mol. The molecule has 2 aromatic rings. The SMILES string of the molecule is Cn1ccnc1CCOc1c(Cl)cccc1CCN. The van der Waals surface area contributed by atoms with Gasteiger partial charge in [0, 0.05) is 25.9 Å². The van der Waals surface area contributed by atoms with Crippen LogP contribution in [0.5, 0.6) is 5.75 Å². The third kappa shape index (κ3) is 3.49. The molecule has 0 aliphatic heterocycles. The van der Waals surface area contributed by atoms with Crippen molar-refractivity contribution in [3.05, 3.63) is 47.0 Å². The van der Waals surface area contributed by atoms with Crippen molar-refractivity contribution in [3.8, 4) is 5.75 Å². The van der Waals surface area contributed by atoms with E-state index in [4.69, 9.17) is 22.1 Å². The predicted molar refractivity (Wildman–Crippen MR) is 76.6 cm³/mol. The smallest absolute Gasteiger partial charge is 0.141 e. The van der Waals surface area contributed by atoms with Gasteiger partial charge in [0.1, 0.15) is 11.6 Å². The summed E-state index contributed by atoms with van der Waals surface area (Å²) in [4.78, 5) is 4.26. The molecule has 1 aromatic carbocycles. The molecule has 0 spiro atoms. The molecule has 102 valence electrons. The first-order chi connectivity index (χ1) is 9.22. The maximum atomic E-state index is 6.17. The van der Waals surface area contributed by atoms with E-state index in [0.717, 1.165) is 30.0 Å². The molecule has 4 nitrogen and oxygen atoms in total. The van der Waals surface area contributed by atoms with Crippen LogP contribution in [0, 0.1) is 0 Å². The average Bonchev–Trinajstić information content (AvgIpc) is 2.79. The van der Waals surface area contributed by atoms with Crippen LogP contribution in [-0.4, -0.2) is 22.7 Å². The van der Waals surface area contributed by atoms with E-state index < -0.39 is 0 Å². The summed E-state index contributed by atoms with van der Waals surface area (Å²) in [6.07, 6.45) is 5.21. The van der Waals surface area contributed by atoms with E-state index >= 15 is 0 Å². The van der Waals surface area contributed by atoms with Crippen LogP contribution in [0.15, 0.2) is 30.6 Å². The topological polar surface area (TPSA) is 53.1 Å². The summed E-state index contributed by atoms with van der Waals surface area (Å²) in [5.41, 5.74) is 6.64. The molecule has 0 unspecified atom stereocenters. The molecule has 0 fully saturated rings. The molecule has 0 radical (unpaired) electrons. The minimum Gasteiger partial charge on any atom is -0.491 e. The number of imidazole rings is 1. The van der Waals surface area contributed by atoms with Crippen LogP contribution in [0.4, 0.5) is 0 Å². The number of benzene rings is 1. The van der Waals surface area contributed by atoms with Gasteiger partial charge in [0.15, 0.2) is 0 Å². The zero-order chi connectivity index (χ0) is 13.7. The Balaban J connectivity index is 2.01. The Morgan fingerprint density at radius 1 is 1.37 bits per heavy atom. The molecule has 2 N–H and O–H groups in total. The summed E-state index contributed by atoms with van der Waals surface area (Å²) in [5.74, 6) is 1.73. The van der Waals surface area contributed by atoms with Crippen LogP contribution in [0.2, 0.25) is 5.02 Å². The van der Waals surface area contributed by atoms with Crippen molar-refractivity contribution in [2.24, 2.45) is 12.8 Å². The molecule has 0 saturated heterocycles. The first kappa shape index (κ1) is 13.9. The molecule has 1 aromatic heterocycles. The first-order valence-corrected chi connectivity index (χ1v) is 6.66. The molecule has 0 bridgehead atoms. The van der Waals surface area contributed by atoms with Crippen LogP contribution in [0.3, 0.4) is 0 Å². The molecule has 0 atom stereocenters. The van der Waals surface area contributed by atoms with Crippen molar-refractivity contribution in [2.45, 2.75) is 12.8 Å². The minimum atomic E-state index is 0.548. The molecule has 0 aliphatic carbocycles. The van der Waals surface area contributed by atoms with E-state index in [2.05, 4.69) is 4.98 Å². The van der Waals surface area contributed by atoms with Gasteiger partial charge in [0.2, 0.25) is 0 Å². The third-order valence-corrected chi connectivity index (χ3v) is 3.25. The van der Waals surface area contributed by atoms with E-state index in [-0.39, 0.29) is 0 Å². The van der Waals surface area contributed by atoms with Gasteiger partial charge in [-0.2, -0.15) is 0 Å². The van der Waals surface area contributed by atoms with Gasteiger partial charge in [-0.3, -0.25) is 0 Å². The largest absolute Gasteiger partial charge is 0.491 e. The highest BCUT2D eigenvalue weighted by molar-refractivity contribution is 6.32. The predicted octanol–water partition coefficient (Wildman–Crippen LogP) is 2.20. The number of hydrogen-bond acceptors (Lipinski definition) is 3. The lowest BCUT2D eigenvalue weighted by atomic mass is 10.1. The van der Waals surface area contributed by atoms with Gasteiger partial charge in [0.05, 0.1) is 11.6 Å².